The predicted molar refractivity (Wildman–Crippen MR) is 33.8 cm³/mol. The molecule has 0 unspecified atom stereocenters. The molecule has 0 aromatic carbocycles. The Hall–Kier alpha value is -1.59. The summed E-state index contributed by atoms with van der Waals surface area (Å²) < 4.78 is 0. The van der Waals surface area contributed by atoms with Crippen LogP contribution in [0, 0.1) is 0 Å². The minimum absolute atomic E-state index is 0.584. The van der Waals surface area contributed by atoms with E-state index < -0.39 is 0 Å². The summed E-state index contributed by atoms with van der Waals surface area (Å²) in [5, 5.41) is 16.4. The lowest BCUT2D eigenvalue weighted by molar-refractivity contribution is 0.869. The molecule has 1 aliphatic rings. The van der Waals surface area contributed by atoms with Crippen LogP contribution in [0.3, 0.4) is 0 Å². The van der Waals surface area contributed by atoms with Crippen LogP contribution in [0.2, 0.25) is 0 Å². The summed E-state index contributed by atoms with van der Waals surface area (Å²) in [4.78, 5) is 1.84. The molecule has 1 aliphatic heterocycles. The molecule has 0 saturated heterocycles. The lowest BCUT2D eigenvalue weighted by atomic mass is 10.8. The van der Waals surface area contributed by atoms with Crippen LogP contribution in [-0.4, -0.2) is 27.3 Å². The number of hydrogen-bond donors (Lipinski definition) is 2. The van der Waals surface area contributed by atoms with Crippen molar-refractivity contribution in [1.29, 1.82) is 0 Å². The molecule has 0 fully saturated rings. The average Bonchev–Trinajstić information content (AvgIpc) is 2.59. The van der Waals surface area contributed by atoms with Crippen LogP contribution in [0.1, 0.15) is 0 Å². The third kappa shape index (κ3) is 0.697. The number of nitrogens with zero attached hydrogens (tertiary/aromatic N) is 4. The van der Waals surface area contributed by atoms with Gasteiger partial charge in [0.1, 0.15) is 0 Å². The molecule has 0 radical (unpaired) electrons. The molecule has 6 heteroatoms. The first-order chi connectivity index (χ1) is 4.97. The molecule has 2 N–H and O–H groups in total. The van der Waals surface area contributed by atoms with Crippen molar-refractivity contribution in [2.45, 2.75) is 0 Å². The summed E-state index contributed by atoms with van der Waals surface area (Å²) >= 11 is 0. The molecule has 0 atom stereocenters. The van der Waals surface area contributed by atoms with E-state index in [0.717, 1.165) is 0 Å². The smallest absolute Gasteiger partial charge is 0.271 e. The Bertz CT molecular complexity index is 226. The van der Waals surface area contributed by atoms with Gasteiger partial charge in [-0.2, -0.15) is 5.21 Å². The van der Waals surface area contributed by atoms with Gasteiger partial charge in [-0.25, -0.2) is 0 Å². The molecule has 0 spiro atoms. The molecule has 10 heavy (non-hydrogen) atoms. The van der Waals surface area contributed by atoms with E-state index in [9.17, 15) is 0 Å². The summed E-state index contributed by atoms with van der Waals surface area (Å²) in [6, 6.07) is 0. The zero-order chi connectivity index (χ0) is 6.81. The quantitative estimate of drug-likeness (QED) is 0.523. The molecule has 1 aromatic rings. The third-order valence-electron chi connectivity index (χ3n) is 1.23. The maximum atomic E-state index is 3.79. The number of aromatic amines is 1. The van der Waals surface area contributed by atoms with Crippen molar-refractivity contribution in [2.24, 2.45) is 0 Å². The molecule has 6 nitrogen and oxygen atoms in total. The van der Waals surface area contributed by atoms with Gasteiger partial charge in [-0.3, -0.25) is 4.90 Å². The van der Waals surface area contributed by atoms with Crippen LogP contribution >= 0.6 is 0 Å². The Balaban J connectivity index is 2.20. The van der Waals surface area contributed by atoms with Crippen molar-refractivity contribution in [3.05, 3.63) is 12.4 Å². The average molecular weight is 138 g/mol. The fourth-order valence-electron chi connectivity index (χ4n) is 0.762. The van der Waals surface area contributed by atoms with Gasteiger partial charge >= 0.3 is 0 Å². The van der Waals surface area contributed by atoms with Crippen molar-refractivity contribution in [2.75, 3.05) is 11.6 Å². The SMILES string of the molecule is C1=CN(c2nn[nH]n2)CN1. The second-order valence-corrected chi connectivity index (χ2v) is 1.86. The van der Waals surface area contributed by atoms with Crippen molar-refractivity contribution >= 4 is 5.95 Å². The minimum atomic E-state index is 0.584. The first-order valence-corrected chi connectivity index (χ1v) is 2.87. The number of tetrazole rings is 1. The number of hydrogen-bond acceptors (Lipinski definition) is 5. The Morgan fingerprint density at radius 3 is 3.20 bits per heavy atom. The van der Waals surface area contributed by atoms with Gasteiger partial charge in [0.25, 0.3) is 5.95 Å². The normalized spacial score (nSPS) is 15.8. The van der Waals surface area contributed by atoms with Crippen molar-refractivity contribution < 1.29 is 0 Å². The van der Waals surface area contributed by atoms with Gasteiger partial charge in [0.05, 0.1) is 6.67 Å². The highest BCUT2D eigenvalue weighted by atomic mass is 15.5. The van der Waals surface area contributed by atoms with Gasteiger partial charge in [-0.05, 0) is 5.21 Å². The zero-order valence-electron chi connectivity index (χ0n) is 5.15. The molecule has 0 aliphatic carbocycles. The second-order valence-electron chi connectivity index (χ2n) is 1.86. The maximum absolute atomic E-state index is 3.79. The zero-order valence-corrected chi connectivity index (χ0v) is 5.15. The summed E-state index contributed by atoms with van der Waals surface area (Å²) in [6.45, 7) is 0.708. The van der Waals surface area contributed by atoms with Gasteiger partial charge in [0.2, 0.25) is 0 Å². The monoisotopic (exact) mass is 138 g/mol. The van der Waals surface area contributed by atoms with Crippen molar-refractivity contribution in [3.8, 4) is 0 Å². The van der Waals surface area contributed by atoms with E-state index in [4.69, 9.17) is 0 Å². The van der Waals surface area contributed by atoms with E-state index in [1.165, 1.54) is 0 Å². The van der Waals surface area contributed by atoms with Crippen LogP contribution in [0.5, 0.6) is 0 Å². The fraction of sp³-hybridized carbons (Fsp3) is 0.250. The number of rotatable bonds is 1. The number of nitrogens with one attached hydrogen (secondary N) is 2. The molecule has 0 saturated carbocycles. The van der Waals surface area contributed by atoms with Crippen LogP contribution in [-0.2, 0) is 0 Å². The van der Waals surface area contributed by atoms with E-state index in [2.05, 4.69) is 25.9 Å². The summed E-state index contributed by atoms with van der Waals surface area (Å²) in [6.07, 6.45) is 3.68. The Kier molecular flexibility index (Phi) is 1.03. The highest BCUT2D eigenvalue weighted by Gasteiger charge is 2.09. The Morgan fingerprint density at radius 2 is 2.60 bits per heavy atom. The molecule has 52 valence electrons. The number of anilines is 1. The van der Waals surface area contributed by atoms with E-state index in [1.807, 2.05) is 17.3 Å². The standard InChI is InChI=1S/C4H6N6/c1-2-10(3-5-1)4-6-8-9-7-4/h1-2,5H,3H2,(H,6,7,8,9). The van der Waals surface area contributed by atoms with Gasteiger partial charge in [-0.1, -0.05) is 5.10 Å². The first kappa shape index (κ1) is 5.21. The number of aromatic nitrogens is 4. The van der Waals surface area contributed by atoms with Crippen LogP contribution in [0.4, 0.5) is 5.95 Å². The summed E-state index contributed by atoms with van der Waals surface area (Å²) in [5.41, 5.74) is 0. The minimum Gasteiger partial charge on any atom is -0.372 e. The number of H-pyrrole nitrogens is 1. The molecule has 0 bridgehead atoms. The van der Waals surface area contributed by atoms with Gasteiger partial charge < -0.3 is 5.32 Å². The first-order valence-electron chi connectivity index (χ1n) is 2.87. The summed E-state index contributed by atoms with van der Waals surface area (Å²) in [5.74, 6) is 0.584. The molecule has 2 heterocycles. The predicted octanol–water partition coefficient (Wildman–Crippen LogP) is -0.962. The molecule has 1 aromatic heterocycles. The topological polar surface area (TPSA) is 69.7 Å². The van der Waals surface area contributed by atoms with Gasteiger partial charge in [-0.15, -0.1) is 5.10 Å². The van der Waals surface area contributed by atoms with Crippen molar-refractivity contribution in [1.82, 2.24) is 25.9 Å². The van der Waals surface area contributed by atoms with E-state index in [-0.39, 0.29) is 0 Å². The highest BCUT2D eigenvalue weighted by Crippen LogP contribution is 2.04. The molecular formula is C4H6N6. The molecule has 0 amide bonds. The summed E-state index contributed by atoms with van der Waals surface area (Å²) in [7, 11) is 0. The highest BCUT2D eigenvalue weighted by molar-refractivity contribution is 5.33. The lowest BCUT2D eigenvalue weighted by Crippen LogP contribution is -2.20. The second kappa shape index (κ2) is 1.98. The molecular weight excluding hydrogens is 132 g/mol. The third-order valence-corrected chi connectivity index (χ3v) is 1.23. The maximum Gasteiger partial charge on any atom is 0.271 e. The van der Waals surface area contributed by atoms with E-state index >= 15 is 0 Å². The lowest BCUT2D eigenvalue weighted by Gasteiger charge is -2.06. The van der Waals surface area contributed by atoms with Gasteiger partial charge in [0.15, 0.2) is 0 Å². The van der Waals surface area contributed by atoms with Crippen LogP contribution in [0.15, 0.2) is 12.4 Å². The largest absolute Gasteiger partial charge is 0.372 e. The Morgan fingerprint density at radius 1 is 1.60 bits per heavy atom. The van der Waals surface area contributed by atoms with Crippen LogP contribution in [0.25, 0.3) is 0 Å². The van der Waals surface area contributed by atoms with E-state index in [1.54, 1.807) is 0 Å². The van der Waals surface area contributed by atoms with Crippen molar-refractivity contribution in [3.63, 3.8) is 0 Å². The Labute approximate surface area is 56.9 Å². The fourth-order valence-corrected chi connectivity index (χ4v) is 0.762. The van der Waals surface area contributed by atoms with E-state index in [0.29, 0.717) is 12.6 Å². The van der Waals surface area contributed by atoms with Gasteiger partial charge in [0, 0.05) is 12.4 Å². The molecule has 2 rings (SSSR count). The van der Waals surface area contributed by atoms with Crippen LogP contribution < -0.4 is 10.2 Å².